The summed E-state index contributed by atoms with van der Waals surface area (Å²) >= 11 is 0. The minimum absolute atomic E-state index is 0.0486. The Morgan fingerprint density at radius 3 is 2.10 bits per heavy atom. The minimum atomic E-state index is -1.96. The largest absolute Gasteiger partial charge is 0.353 e. The summed E-state index contributed by atoms with van der Waals surface area (Å²) in [7, 11) is 0. The molecule has 0 bridgehead atoms. The van der Waals surface area contributed by atoms with Crippen LogP contribution in [-0.4, -0.2) is 81.4 Å². The highest BCUT2D eigenvalue weighted by molar-refractivity contribution is 5.68. The summed E-state index contributed by atoms with van der Waals surface area (Å²) < 4.78 is 0. The predicted molar refractivity (Wildman–Crippen MR) is 113 cm³/mol. The van der Waals surface area contributed by atoms with Crippen LogP contribution in [-0.2, 0) is 9.59 Å². The number of hydrogen-bond acceptors (Lipinski definition) is 8. The highest BCUT2D eigenvalue weighted by atomic mass is 16.5. The molecule has 1 aromatic rings. The Morgan fingerprint density at radius 2 is 1.63 bits per heavy atom. The first kappa shape index (κ1) is 24.2. The van der Waals surface area contributed by atoms with Crippen LogP contribution >= 0.6 is 0 Å². The number of hydrogen-bond donors (Lipinski definition) is 2. The van der Waals surface area contributed by atoms with E-state index in [0.717, 1.165) is 16.7 Å². The molecule has 1 saturated carbocycles. The van der Waals surface area contributed by atoms with E-state index in [2.05, 4.69) is 23.8 Å². The molecule has 2 amide bonds. The zero-order valence-electron chi connectivity index (χ0n) is 18.1. The lowest BCUT2D eigenvalue weighted by atomic mass is 10.1. The van der Waals surface area contributed by atoms with Crippen LogP contribution < -0.4 is 4.90 Å². The van der Waals surface area contributed by atoms with E-state index < -0.39 is 5.91 Å². The highest BCUT2D eigenvalue weighted by Gasteiger charge is 2.34. The molecule has 9 nitrogen and oxygen atoms in total. The van der Waals surface area contributed by atoms with Crippen LogP contribution in [0.5, 0.6) is 0 Å². The molecule has 0 radical (unpaired) electrons. The number of aromatic nitrogens is 2. The van der Waals surface area contributed by atoms with E-state index in [0.29, 0.717) is 51.4 Å². The topological polar surface area (TPSA) is 110 Å². The van der Waals surface area contributed by atoms with Crippen molar-refractivity contribution in [3.63, 3.8) is 0 Å². The molecule has 0 aromatic carbocycles. The Morgan fingerprint density at radius 1 is 1.07 bits per heavy atom. The molecule has 0 spiro atoms. The van der Waals surface area contributed by atoms with Crippen LogP contribution in [0.2, 0.25) is 0 Å². The van der Waals surface area contributed by atoms with Crippen LogP contribution in [0.1, 0.15) is 46.0 Å². The summed E-state index contributed by atoms with van der Waals surface area (Å²) in [5.41, 5.74) is 0. The number of carbonyl (C=O) groups excluding carboxylic acids is 2. The van der Waals surface area contributed by atoms with Gasteiger partial charge in [-0.2, -0.15) is 0 Å². The third-order valence-corrected chi connectivity index (χ3v) is 5.78. The maximum Gasteiger partial charge on any atom is 0.225 e. The summed E-state index contributed by atoms with van der Waals surface area (Å²) in [6, 6.07) is 1.74. The Kier molecular flexibility index (Phi) is 9.61. The number of imide groups is 1. The number of anilines is 1. The summed E-state index contributed by atoms with van der Waals surface area (Å²) in [6.45, 7) is 6.94. The van der Waals surface area contributed by atoms with Crippen molar-refractivity contribution < 1.29 is 19.8 Å². The van der Waals surface area contributed by atoms with E-state index in [1.807, 2.05) is 4.90 Å². The maximum absolute atomic E-state index is 10.5. The van der Waals surface area contributed by atoms with Gasteiger partial charge in [-0.05, 0) is 30.7 Å². The van der Waals surface area contributed by atoms with E-state index in [1.165, 1.54) is 19.3 Å². The minimum Gasteiger partial charge on any atom is -0.353 e. The second-order valence-corrected chi connectivity index (χ2v) is 8.37. The van der Waals surface area contributed by atoms with Gasteiger partial charge >= 0.3 is 0 Å². The highest BCUT2D eigenvalue weighted by Crippen LogP contribution is 2.29. The van der Waals surface area contributed by atoms with Gasteiger partial charge in [-0.1, -0.05) is 26.7 Å². The quantitative estimate of drug-likeness (QED) is 0.474. The predicted octanol–water partition coefficient (Wildman–Crippen LogP) is 1.07. The average Bonchev–Trinajstić information content (AvgIpc) is 3.15. The number of aliphatic hydroxyl groups is 2. The first-order valence-corrected chi connectivity index (χ1v) is 10.7. The molecule has 0 unspecified atom stereocenters. The van der Waals surface area contributed by atoms with Crippen LogP contribution in [0.4, 0.5) is 5.95 Å². The molecule has 9 heteroatoms. The van der Waals surface area contributed by atoms with E-state index in [9.17, 15) is 19.8 Å². The zero-order chi connectivity index (χ0) is 22.0. The third-order valence-electron chi connectivity index (χ3n) is 5.78. The van der Waals surface area contributed by atoms with Crippen LogP contribution in [0.3, 0.4) is 0 Å². The molecule has 2 heterocycles. The molecule has 2 atom stereocenters. The third kappa shape index (κ3) is 7.62. The monoisotopic (exact) mass is 421 g/mol. The van der Waals surface area contributed by atoms with Gasteiger partial charge in [0.15, 0.2) is 0 Å². The summed E-state index contributed by atoms with van der Waals surface area (Å²) in [4.78, 5) is 33.8. The first-order valence-electron chi connectivity index (χ1n) is 10.7. The van der Waals surface area contributed by atoms with Gasteiger partial charge in [0.25, 0.3) is 0 Å². The fourth-order valence-electron chi connectivity index (χ4n) is 4.00. The van der Waals surface area contributed by atoms with Crippen molar-refractivity contribution in [2.24, 2.45) is 11.8 Å². The second kappa shape index (κ2) is 11.9. The SMILES string of the molecule is C[C@@H]1CC[C@H](C)C1.O=CN(C=O)CCCC(O)(O)N1CCN(c2ncccn2)CC1. The molecule has 30 heavy (non-hydrogen) atoms. The smallest absolute Gasteiger partial charge is 0.225 e. The number of rotatable bonds is 8. The summed E-state index contributed by atoms with van der Waals surface area (Å²) in [5.74, 6) is 0.715. The normalized spacial score (nSPS) is 22.2. The van der Waals surface area contributed by atoms with E-state index in [4.69, 9.17) is 0 Å². The lowest BCUT2D eigenvalue weighted by Crippen LogP contribution is -2.57. The van der Waals surface area contributed by atoms with Gasteiger partial charge in [-0.25, -0.2) is 14.9 Å². The fraction of sp³-hybridized carbons (Fsp3) is 0.714. The van der Waals surface area contributed by atoms with Crippen molar-refractivity contribution in [3.05, 3.63) is 18.5 Å². The molecule has 2 aliphatic rings. The van der Waals surface area contributed by atoms with Crippen molar-refractivity contribution >= 4 is 18.8 Å². The Balaban J connectivity index is 0.000000386. The van der Waals surface area contributed by atoms with Gasteiger partial charge in [0.1, 0.15) is 0 Å². The molecular weight excluding hydrogens is 386 g/mol. The van der Waals surface area contributed by atoms with Crippen LogP contribution in [0.15, 0.2) is 18.5 Å². The summed E-state index contributed by atoms with van der Waals surface area (Å²) in [5, 5.41) is 20.4. The van der Waals surface area contributed by atoms with Gasteiger partial charge in [0, 0.05) is 51.5 Å². The second-order valence-electron chi connectivity index (χ2n) is 8.37. The van der Waals surface area contributed by atoms with Crippen molar-refractivity contribution in [1.82, 2.24) is 19.8 Å². The van der Waals surface area contributed by atoms with Gasteiger partial charge in [0.2, 0.25) is 24.7 Å². The molecular formula is C21H35N5O4. The van der Waals surface area contributed by atoms with E-state index in [-0.39, 0.29) is 13.0 Å². The molecule has 1 saturated heterocycles. The van der Waals surface area contributed by atoms with Crippen LogP contribution in [0.25, 0.3) is 0 Å². The van der Waals surface area contributed by atoms with Crippen molar-refractivity contribution in [1.29, 1.82) is 0 Å². The zero-order valence-corrected chi connectivity index (χ0v) is 18.1. The van der Waals surface area contributed by atoms with Gasteiger partial charge < -0.3 is 15.1 Å². The molecule has 1 aliphatic carbocycles. The Hall–Kier alpha value is -2.10. The summed E-state index contributed by atoms with van der Waals surface area (Å²) in [6.07, 6.45) is 8.96. The first-order chi connectivity index (χ1) is 14.4. The molecule has 2 fully saturated rings. The number of piperazine rings is 1. The van der Waals surface area contributed by atoms with E-state index in [1.54, 1.807) is 23.4 Å². The fourth-order valence-corrected chi connectivity index (χ4v) is 4.00. The molecule has 168 valence electrons. The average molecular weight is 422 g/mol. The number of nitrogens with zero attached hydrogens (tertiary/aromatic N) is 5. The van der Waals surface area contributed by atoms with Crippen LogP contribution in [0, 0.1) is 11.8 Å². The molecule has 3 rings (SSSR count). The lowest BCUT2D eigenvalue weighted by Gasteiger charge is -2.41. The Bertz CT molecular complexity index is 622. The van der Waals surface area contributed by atoms with E-state index >= 15 is 0 Å². The molecule has 2 N–H and O–H groups in total. The molecule has 1 aliphatic heterocycles. The standard InChI is InChI=1S/C14H21N5O4.C7H14/c20-11-17(12-21)6-1-3-14(22,23)19-9-7-18(8-10-19)13-15-4-2-5-16-13;1-6-3-4-7(2)5-6/h2,4-5,11-12,22-23H,1,3,6-10H2;6-7H,3-5H2,1-2H3/t;6-,7+. The van der Waals surface area contributed by atoms with Crippen molar-refractivity contribution in [2.75, 3.05) is 37.6 Å². The number of amides is 2. The van der Waals surface area contributed by atoms with Gasteiger partial charge in [-0.3, -0.25) is 14.5 Å². The van der Waals surface area contributed by atoms with Crippen molar-refractivity contribution in [3.8, 4) is 0 Å². The maximum atomic E-state index is 10.5. The Labute approximate surface area is 178 Å². The van der Waals surface area contributed by atoms with Gasteiger partial charge in [0.05, 0.1) is 0 Å². The number of carbonyl (C=O) groups is 2. The lowest BCUT2D eigenvalue weighted by molar-refractivity contribution is -0.269. The van der Waals surface area contributed by atoms with Gasteiger partial charge in [-0.15, -0.1) is 0 Å². The molecule has 1 aromatic heterocycles. The van der Waals surface area contributed by atoms with Crippen molar-refractivity contribution in [2.45, 2.75) is 51.9 Å².